The highest BCUT2D eigenvalue weighted by Gasteiger charge is 2.20. The topological polar surface area (TPSA) is 60.6 Å². The number of nitrogens with zero attached hydrogens (tertiary/aromatic N) is 2. The van der Waals surface area contributed by atoms with E-state index in [9.17, 15) is 4.79 Å². The number of piperazine rings is 1. The number of amides is 2. The average Bonchev–Trinajstić information content (AvgIpc) is 3.04. The number of aromatic nitrogens is 1. The lowest BCUT2D eigenvalue weighted by Crippen LogP contribution is -2.52. The molecule has 0 atom stereocenters. The molecular formula is C18H26N4O2. The first-order valence-electron chi connectivity index (χ1n) is 8.57. The standard InChI is InChI=1S/C18H26N4O2/c1-24-13-7-19-18(23)22-11-9-21(10-12-22)8-6-15-14-20-17-5-3-2-4-16(15)17/h2-5,14,20H,6-13H2,1H3,(H,19,23). The number of aromatic amines is 1. The van der Waals surface area contributed by atoms with Crippen molar-refractivity contribution in [3.05, 3.63) is 36.0 Å². The van der Waals surface area contributed by atoms with Crippen LogP contribution in [0.15, 0.2) is 30.5 Å². The van der Waals surface area contributed by atoms with Gasteiger partial charge in [-0.25, -0.2) is 4.79 Å². The lowest BCUT2D eigenvalue weighted by molar-refractivity contribution is 0.136. The Labute approximate surface area is 142 Å². The molecule has 3 rings (SSSR count). The quantitative estimate of drug-likeness (QED) is 0.792. The third kappa shape index (κ3) is 4.07. The van der Waals surface area contributed by atoms with Gasteiger partial charge in [-0.2, -0.15) is 0 Å². The maximum atomic E-state index is 12.0. The van der Waals surface area contributed by atoms with E-state index in [0.717, 1.165) is 39.1 Å². The van der Waals surface area contributed by atoms with Gasteiger partial charge in [-0.3, -0.25) is 4.90 Å². The van der Waals surface area contributed by atoms with Crippen LogP contribution in [0.5, 0.6) is 0 Å². The van der Waals surface area contributed by atoms with Gasteiger partial charge in [0.2, 0.25) is 0 Å². The largest absolute Gasteiger partial charge is 0.383 e. The van der Waals surface area contributed by atoms with Gasteiger partial charge >= 0.3 is 6.03 Å². The van der Waals surface area contributed by atoms with E-state index in [1.54, 1.807) is 7.11 Å². The molecule has 1 fully saturated rings. The molecule has 130 valence electrons. The van der Waals surface area contributed by atoms with Gasteiger partial charge in [0.05, 0.1) is 6.61 Å². The number of ether oxygens (including phenoxy) is 1. The summed E-state index contributed by atoms with van der Waals surface area (Å²) in [6.07, 6.45) is 3.15. The van der Waals surface area contributed by atoms with E-state index in [4.69, 9.17) is 4.74 Å². The Hall–Kier alpha value is -2.05. The molecule has 6 nitrogen and oxygen atoms in total. The van der Waals surface area contributed by atoms with Crippen molar-refractivity contribution in [2.24, 2.45) is 0 Å². The van der Waals surface area contributed by atoms with E-state index < -0.39 is 0 Å². The maximum absolute atomic E-state index is 12.0. The van der Waals surface area contributed by atoms with E-state index in [0.29, 0.717) is 13.2 Å². The van der Waals surface area contributed by atoms with Crippen LogP contribution in [0.2, 0.25) is 0 Å². The van der Waals surface area contributed by atoms with Crippen molar-refractivity contribution >= 4 is 16.9 Å². The monoisotopic (exact) mass is 330 g/mol. The number of methoxy groups -OCH3 is 1. The van der Waals surface area contributed by atoms with E-state index in [1.165, 1.54) is 16.5 Å². The number of nitrogens with one attached hydrogen (secondary N) is 2. The van der Waals surface area contributed by atoms with Crippen molar-refractivity contribution in [2.75, 3.05) is 53.0 Å². The summed E-state index contributed by atoms with van der Waals surface area (Å²) in [6.45, 7) is 5.58. The number of benzene rings is 1. The summed E-state index contributed by atoms with van der Waals surface area (Å²) in [6, 6.07) is 8.44. The summed E-state index contributed by atoms with van der Waals surface area (Å²) in [5, 5.41) is 4.20. The summed E-state index contributed by atoms with van der Waals surface area (Å²) in [4.78, 5) is 19.7. The smallest absolute Gasteiger partial charge is 0.317 e. The van der Waals surface area contributed by atoms with Gasteiger partial charge in [0, 0.05) is 63.5 Å². The summed E-state index contributed by atoms with van der Waals surface area (Å²) in [5.74, 6) is 0. The Morgan fingerprint density at radius 1 is 1.25 bits per heavy atom. The zero-order chi connectivity index (χ0) is 16.8. The molecule has 1 aliphatic rings. The third-order valence-corrected chi connectivity index (χ3v) is 4.61. The number of hydrogen-bond donors (Lipinski definition) is 2. The van der Waals surface area contributed by atoms with E-state index >= 15 is 0 Å². The fraction of sp³-hybridized carbons (Fsp3) is 0.500. The first-order chi connectivity index (χ1) is 11.8. The van der Waals surface area contributed by atoms with Crippen LogP contribution >= 0.6 is 0 Å². The second-order valence-electron chi connectivity index (χ2n) is 6.16. The van der Waals surface area contributed by atoms with Crippen LogP contribution < -0.4 is 5.32 Å². The average molecular weight is 330 g/mol. The second kappa shape index (κ2) is 8.17. The Morgan fingerprint density at radius 2 is 2.04 bits per heavy atom. The van der Waals surface area contributed by atoms with Gasteiger partial charge < -0.3 is 19.9 Å². The van der Waals surface area contributed by atoms with Gasteiger partial charge in [0.25, 0.3) is 0 Å². The first-order valence-corrected chi connectivity index (χ1v) is 8.57. The Kier molecular flexibility index (Phi) is 5.72. The number of para-hydroxylation sites is 1. The number of fused-ring (bicyclic) bond motifs is 1. The Bertz CT molecular complexity index is 662. The molecule has 1 aromatic carbocycles. The lowest BCUT2D eigenvalue weighted by atomic mass is 10.1. The van der Waals surface area contributed by atoms with Crippen LogP contribution in [0.4, 0.5) is 4.79 Å². The molecule has 2 N–H and O–H groups in total. The highest BCUT2D eigenvalue weighted by atomic mass is 16.5. The van der Waals surface area contributed by atoms with Crippen LogP contribution in [0.3, 0.4) is 0 Å². The number of rotatable bonds is 6. The lowest BCUT2D eigenvalue weighted by Gasteiger charge is -2.34. The van der Waals surface area contributed by atoms with Gasteiger partial charge in [-0.1, -0.05) is 18.2 Å². The number of H-pyrrole nitrogens is 1. The van der Waals surface area contributed by atoms with Crippen molar-refractivity contribution in [3.63, 3.8) is 0 Å². The highest BCUT2D eigenvalue weighted by Crippen LogP contribution is 2.18. The SMILES string of the molecule is COCCNC(=O)N1CCN(CCc2c[nH]c3ccccc23)CC1. The van der Waals surface area contributed by atoms with Gasteiger partial charge in [0.1, 0.15) is 0 Å². The van der Waals surface area contributed by atoms with Crippen molar-refractivity contribution in [1.82, 2.24) is 20.1 Å². The summed E-state index contributed by atoms with van der Waals surface area (Å²) in [7, 11) is 1.64. The van der Waals surface area contributed by atoms with Crippen molar-refractivity contribution in [3.8, 4) is 0 Å². The molecule has 1 aromatic heterocycles. The molecule has 0 bridgehead atoms. The summed E-state index contributed by atoms with van der Waals surface area (Å²) < 4.78 is 4.95. The zero-order valence-electron chi connectivity index (χ0n) is 14.3. The molecule has 0 spiro atoms. The minimum absolute atomic E-state index is 0.0170. The Morgan fingerprint density at radius 3 is 2.83 bits per heavy atom. The van der Waals surface area contributed by atoms with Crippen LogP contribution in [-0.2, 0) is 11.2 Å². The molecular weight excluding hydrogens is 304 g/mol. The third-order valence-electron chi connectivity index (χ3n) is 4.61. The number of urea groups is 1. The normalized spacial score (nSPS) is 15.8. The first kappa shape index (κ1) is 16.8. The molecule has 0 unspecified atom stereocenters. The molecule has 2 aromatic rings. The summed E-state index contributed by atoms with van der Waals surface area (Å²) in [5.41, 5.74) is 2.57. The van der Waals surface area contributed by atoms with E-state index in [-0.39, 0.29) is 6.03 Å². The van der Waals surface area contributed by atoms with Crippen molar-refractivity contribution in [1.29, 1.82) is 0 Å². The van der Waals surface area contributed by atoms with Crippen LogP contribution in [0, 0.1) is 0 Å². The highest BCUT2D eigenvalue weighted by molar-refractivity contribution is 5.83. The molecule has 2 amide bonds. The fourth-order valence-electron chi connectivity index (χ4n) is 3.16. The van der Waals surface area contributed by atoms with Gasteiger partial charge in [0.15, 0.2) is 0 Å². The fourth-order valence-corrected chi connectivity index (χ4v) is 3.16. The number of hydrogen-bond acceptors (Lipinski definition) is 3. The predicted octanol–water partition coefficient (Wildman–Crippen LogP) is 1.68. The number of carbonyl (C=O) groups excluding carboxylic acids is 1. The zero-order valence-corrected chi connectivity index (χ0v) is 14.3. The molecule has 1 aliphatic heterocycles. The van der Waals surface area contributed by atoms with Crippen molar-refractivity contribution in [2.45, 2.75) is 6.42 Å². The van der Waals surface area contributed by atoms with E-state index in [2.05, 4.69) is 45.7 Å². The minimum atomic E-state index is 0.0170. The molecule has 0 aliphatic carbocycles. The van der Waals surface area contributed by atoms with Crippen molar-refractivity contribution < 1.29 is 9.53 Å². The molecule has 0 radical (unpaired) electrons. The molecule has 6 heteroatoms. The predicted molar refractivity (Wildman–Crippen MR) is 95.3 cm³/mol. The molecule has 1 saturated heterocycles. The molecule has 24 heavy (non-hydrogen) atoms. The second-order valence-corrected chi connectivity index (χ2v) is 6.16. The van der Waals surface area contributed by atoms with Crippen LogP contribution in [-0.4, -0.2) is 73.8 Å². The van der Waals surface area contributed by atoms with Crippen LogP contribution in [0.1, 0.15) is 5.56 Å². The summed E-state index contributed by atoms with van der Waals surface area (Å²) >= 11 is 0. The molecule has 2 heterocycles. The van der Waals surface area contributed by atoms with Gasteiger partial charge in [-0.15, -0.1) is 0 Å². The maximum Gasteiger partial charge on any atom is 0.317 e. The van der Waals surface area contributed by atoms with Crippen LogP contribution in [0.25, 0.3) is 10.9 Å². The molecule has 0 saturated carbocycles. The number of carbonyl (C=O) groups is 1. The minimum Gasteiger partial charge on any atom is -0.383 e. The van der Waals surface area contributed by atoms with E-state index in [1.807, 2.05) is 4.90 Å². The Balaban J connectivity index is 1.43. The van der Waals surface area contributed by atoms with Gasteiger partial charge in [-0.05, 0) is 18.1 Å².